The number of carbonyl (C=O) groups excluding carboxylic acids is 3. The highest BCUT2D eigenvalue weighted by Crippen LogP contribution is 2.09. The van der Waals surface area contributed by atoms with Crippen molar-refractivity contribution in [1.29, 1.82) is 0 Å². The van der Waals surface area contributed by atoms with Gasteiger partial charge in [-0.25, -0.2) is 4.79 Å². The fourth-order valence-electron chi connectivity index (χ4n) is 3.16. The number of carbonyl (C=O) groups is 4. The summed E-state index contributed by atoms with van der Waals surface area (Å²) in [5.41, 5.74) is 6.31. The summed E-state index contributed by atoms with van der Waals surface area (Å²) < 4.78 is 0. The van der Waals surface area contributed by atoms with Crippen LogP contribution in [0.25, 0.3) is 0 Å². The largest absolute Gasteiger partial charge is 0.480 e. The molecule has 0 spiro atoms. The maximum absolute atomic E-state index is 13.1. The Balaban J connectivity index is 3.11. The van der Waals surface area contributed by atoms with E-state index in [1.807, 2.05) is 19.9 Å². The summed E-state index contributed by atoms with van der Waals surface area (Å²) in [6.45, 7) is 6.50. The van der Waals surface area contributed by atoms with Crippen LogP contribution in [0.5, 0.6) is 0 Å². The van der Waals surface area contributed by atoms with Crippen LogP contribution in [0.4, 0.5) is 0 Å². The van der Waals surface area contributed by atoms with Gasteiger partial charge < -0.3 is 31.9 Å². The van der Waals surface area contributed by atoms with Crippen LogP contribution in [-0.4, -0.2) is 64.7 Å². The monoisotopic (exact) mass is 464 g/mol. The maximum atomic E-state index is 13.1. The molecule has 10 nitrogen and oxygen atoms in total. The number of aliphatic hydroxyl groups excluding tert-OH is 1. The van der Waals surface area contributed by atoms with Crippen LogP contribution in [0.3, 0.4) is 0 Å². The second-order valence-electron chi connectivity index (χ2n) is 8.80. The third-order valence-corrected chi connectivity index (χ3v) is 5.02. The molecule has 33 heavy (non-hydrogen) atoms. The number of rotatable bonds is 13. The van der Waals surface area contributed by atoms with Gasteiger partial charge >= 0.3 is 5.97 Å². The highest BCUT2D eigenvalue weighted by molar-refractivity contribution is 5.94. The van der Waals surface area contributed by atoms with Crippen molar-refractivity contribution >= 4 is 23.7 Å². The number of hydrogen-bond donors (Lipinski definition) is 6. The molecule has 0 aliphatic rings. The molecule has 1 aromatic carbocycles. The van der Waals surface area contributed by atoms with Crippen LogP contribution in [0, 0.1) is 11.8 Å². The topological polar surface area (TPSA) is 171 Å². The van der Waals surface area contributed by atoms with Gasteiger partial charge in [0.05, 0.1) is 6.61 Å². The van der Waals surface area contributed by atoms with E-state index in [0.717, 1.165) is 5.56 Å². The van der Waals surface area contributed by atoms with Crippen LogP contribution >= 0.6 is 0 Å². The molecule has 0 saturated heterocycles. The molecular weight excluding hydrogens is 428 g/mol. The van der Waals surface area contributed by atoms with Crippen LogP contribution in [0.15, 0.2) is 30.3 Å². The van der Waals surface area contributed by atoms with Crippen molar-refractivity contribution in [3.8, 4) is 0 Å². The molecule has 0 heterocycles. The normalized spacial score (nSPS) is 14.8. The van der Waals surface area contributed by atoms with Gasteiger partial charge in [0.15, 0.2) is 0 Å². The number of carboxylic acids is 1. The van der Waals surface area contributed by atoms with E-state index in [0.29, 0.717) is 0 Å². The van der Waals surface area contributed by atoms with Crippen molar-refractivity contribution < 1.29 is 29.4 Å². The fraction of sp³-hybridized carbons (Fsp3) is 0.565. The molecule has 0 unspecified atom stereocenters. The van der Waals surface area contributed by atoms with E-state index < -0.39 is 54.5 Å². The number of carboxylic acid groups (broad SMARTS) is 1. The molecule has 184 valence electrons. The smallest absolute Gasteiger partial charge is 0.326 e. The molecule has 0 saturated carbocycles. The van der Waals surface area contributed by atoms with Gasteiger partial charge in [-0.1, -0.05) is 58.0 Å². The van der Waals surface area contributed by atoms with Gasteiger partial charge in [-0.05, 0) is 23.8 Å². The third-order valence-electron chi connectivity index (χ3n) is 5.02. The first-order chi connectivity index (χ1) is 15.5. The third kappa shape index (κ3) is 9.58. The predicted octanol–water partition coefficient (Wildman–Crippen LogP) is -0.210. The predicted molar refractivity (Wildman–Crippen MR) is 123 cm³/mol. The van der Waals surface area contributed by atoms with Crippen molar-refractivity contribution in [2.24, 2.45) is 17.6 Å². The van der Waals surface area contributed by atoms with E-state index in [1.54, 1.807) is 38.1 Å². The van der Waals surface area contributed by atoms with Gasteiger partial charge in [-0.2, -0.15) is 0 Å². The first-order valence-corrected chi connectivity index (χ1v) is 11.0. The molecule has 0 radical (unpaired) electrons. The Hall–Kier alpha value is -2.98. The molecule has 1 aromatic rings. The molecule has 7 N–H and O–H groups in total. The van der Waals surface area contributed by atoms with Gasteiger partial charge in [0.2, 0.25) is 17.7 Å². The molecule has 4 atom stereocenters. The Labute approximate surface area is 194 Å². The summed E-state index contributed by atoms with van der Waals surface area (Å²) in [4.78, 5) is 49.7. The quantitative estimate of drug-likeness (QED) is 0.234. The van der Waals surface area contributed by atoms with Crippen molar-refractivity contribution in [1.82, 2.24) is 16.0 Å². The molecule has 3 amide bonds. The lowest BCUT2D eigenvalue weighted by molar-refractivity contribution is -0.143. The van der Waals surface area contributed by atoms with Crippen LogP contribution in [-0.2, 0) is 25.6 Å². The lowest BCUT2D eigenvalue weighted by Crippen LogP contribution is -2.58. The fourth-order valence-corrected chi connectivity index (χ4v) is 3.16. The van der Waals surface area contributed by atoms with Crippen LogP contribution < -0.4 is 21.7 Å². The second kappa shape index (κ2) is 13.5. The Morgan fingerprint density at radius 1 is 0.879 bits per heavy atom. The number of amides is 3. The lowest BCUT2D eigenvalue weighted by atomic mass is 9.99. The van der Waals surface area contributed by atoms with Crippen molar-refractivity contribution in [3.63, 3.8) is 0 Å². The first kappa shape index (κ1) is 28.1. The van der Waals surface area contributed by atoms with Gasteiger partial charge in [-0.15, -0.1) is 0 Å². The van der Waals surface area contributed by atoms with Gasteiger partial charge in [-0.3, -0.25) is 14.4 Å². The van der Waals surface area contributed by atoms with Gasteiger partial charge in [0, 0.05) is 6.42 Å². The number of nitrogens with two attached hydrogens (primary N) is 1. The summed E-state index contributed by atoms with van der Waals surface area (Å²) >= 11 is 0. The minimum atomic E-state index is -1.18. The van der Waals surface area contributed by atoms with Crippen molar-refractivity contribution in [2.75, 3.05) is 6.61 Å². The molecule has 0 aliphatic carbocycles. The Morgan fingerprint density at radius 2 is 1.42 bits per heavy atom. The Bertz CT molecular complexity index is 799. The summed E-state index contributed by atoms with van der Waals surface area (Å²) in [5, 5.41) is 26.2. The van der Waals surface area contributed by atoms with Crippen LogP contribution in [0.1, 0.15) is 39.7 Å². The zero-order chi connectivity index (χ0) is 25.1. The first-order valence-electron chi connectivity index (χ1n) is 11.0. The van der Waals surface area contributed by atoms with E-state index >= 15 is 0 Å². The average Bonchev–Trinajstić information content (AvgIpc) is 2.75. The van der Waals surface area contributed by atoms with E-state index in [1.165, 1.54) is 0 Å². The van der Waals surface area contributed by atoms with Crippen LogP contribution in [0.2, 0.25) is 0 Å². The standard InChI is InChI=1S/C23H36N4O6/c1-13(2)10-17(25-20(29)16(24)12-28)21(30)26-18(11-15-8-6-5-7-9-15)22(31)27-19(14(3)4)23(32)33/h5-9,13-14,16-19,28H,10-12,24H2,1-4H3,(H,25,29)(H,26,30)(H,27,31)(H,32,33)/t16-,17-,18-,19-/m0/s1. The molecule has 0 fully saturated rings. The summed E-state index contributed by atoms with van der Waals surface area (Å²) in [7, 11) is 0. The molecule has 1 rings (SSSR count). The number of nitrogens with one attached hydrogen (secondary N) is 3. The lowest BCUT2D eigenvalue weighted by Gasteiger charge is -2.26. The molecule has 0 bridgehead atoms. The van der Waals surface area contributed by atoms with E-state index in [-0.39, 0.29) is 24.7 Å². The summed E-state index contributed by atoms with van der Waals surface area (Å²) in [6, 6.07) is 4.61. The SMILES string of the molecule is CC(C)C[C@H](NC(=O)[C@@H](N)CO)C(=O)N[C@@H](Cc1ccccc1)C(=O)N[C@H](C(=O)O)C(C)C. The molecular formula is C23H36N4O6. The number of hydrogen-bond acceptors (Lipinski definition) is 6. The Morgan fingerprint density at radius 3 is 1.91 bits per heavy atom. The molecule has 0 aromatic heterocycles. The minimum absolute atomic E-state index is 0.0325. The van der Waals surface area contributed by atoms with E-state index in [9.17, 15) is 24.3 Å². The highest BCUT2D eigenvalue weighted by atomic mass is 16.4. The molecule has 10 heteroatoms. The zero-order valence-electron chi connectivity index (χ0n) is 19.6. The van der Waals surface area contributed by atoms with E-state index in [4.69, 9.17) is 10.8 Å². The average molecular weight is 465 g/mol. The minimum Gasteiger partial charge on any atom is -0.480 e. The number of aliphatic hydroxyl groups is 1. The second-order valence-corrected chi connectivity index (χ2v) is 8.80. The molecule has 0 aliphatic heterocycles. The summed E-state index contributed by atoms with van der Waals surface area (Å²) in [5.74, 6) is -3.44. The maximum Gasteiger partial charge on any atom is 0.326 e. The van der Waals surface area contributed by atoms with Crippen molar-refractivity contribution in [2.45, 2.75) is 64.7 Å². The number of benzene rings is 1. The van der Waals surface area contributed by atoms with E-state index in [2.05, 4.69) is 16.0 Å². The van der Waals surface area contributed by atoms with Gasteiger partial charge in [0.1, 0.15) is 24.2 Å². The Kier molecular flexibility index (Phi) is 11.5. The van der Waals surface area contributed by atoms with Gasteiger partial charge in [0.25, 0.3) is 0 Å². The summed E-state index contributed by atoms with van der Waals surface area (Å²) in [6.07, 6.45) is 0.403. The number of aliphatic carboxylic acids is 1. The zero-order valence-corrected chi connectivity index (χ0v) is 19.6. The highest BCUT2D eigenvalue weighted by Gasteiger charge is 2.31. The van der Waals surface area contributed by atoms with Crippen molar-refractivity contribution in [3.05, 3.63) is 35.9 Å².